The van der Waals surface area contributed by atoms with Crippen LogP contribution in [0.25, 0.3) is 10.2 Å². The number of nitrogen functional groups attached to an aromatic ring is 1. The summed E-state index contributed by atoms with van der Waals surface area (Å²) in [4.78, 5) is 30.3. The number of hydrogen-bond donors (Lipinski definition) is 2. The Morgan fingerprint density at radius 3 is 2.73 bits per heavy atom. The summed E-state index contributed by atoms with van der Waals surface area (Å²) < 4.78 is 0. The minimum atomic E-state index is -0.180. The van der Waals surface area contributed by atoms with Gasteiger partial charge in [0.05, 0.1) is 17.7 Å². The van der Waals surface area contributed by atoms with Crippen molar-refractivity contribution in [1.82, 2.24) is 19.9 Å². The molecule has 1 fully saturated rings. The highest BCUT2D eigenvalue weighted by atomic mass is 32.1. The van der Waals surface area contributed by atoms with Crippen LogP contribution in [0.1, 0.15) is 16.2 Å². The smallest absolute Gasteiger partial charge is 0.272 e. The lowest BCUT2D eigenvalue weighted by Crippen LogP contribution is -2.49. The topological polar surface area (TPSA) is 108 Å². The molecule has 3 aromatic heterocycles. The molecule has 4 heterocycles. The molecule has 0 saturated carbocycles. The van der Waals surface area contributed by atoms with E-state index in [9.17, 15) is 9.90 Å². The minimum Gasteiger partial charge on any atom is -0.390 e. The van der Waals surface area contributed by atoms with Crippen molar-refractivity contribution in [3.63, 3.8) is 0 Å². The van der Waals surface area contributed by atoms with Crippen LogP contribution >= 0.6 is 11.3 Å². The maximum absolute atomic E-state index is 12.7. The van der Waals surface area contributed by atoms with E-state index in [1.165, 1.54) is 11.3 Å². The number of anilines is 2. The molecule has 0 unspecified atom stereocenters. The Kier molecular flexibility index (Phi) is 4.39. The van der Waals surface area contributed by atoms with Gasteiger partial charge in [-0.15, -0.1) is 11.3 Å². The van der Waals surface area contributed by atoms with Gasteiger partial charge in [0.1, 0.15) is 16.3 Å². The van der Waals surface area contributed by atoms with E-state index < -0.39 is 0 Å². The molecule has 4 rings (SSSR count). The molecule has 0 spiro atoms. The third kappa shape index (κ3) is 3.06. The van der Waals surface area contributed by atoms with Gasteiger partial charge in [0.15, 0.2) is 0 Å². The molecular weight excluding hydrogens is 352 g/mol. The quantitative estimate of drug-likeness (QED) is 0.711. The highest BCUT2D eigenvalue weighted by Gasteiger charge is 2.25. The van der Waals surface area contributed by atoms with Gasteiger partial charge in [-0.05, 0) is 23.6 Å². The van der Waals surface area contributed by atoms with Gasteiger partial charge in [-0.1, -0.05) is 6.07 Å². The molecule has 0 bridgehead atoms. The fraction of sp³-hybridized carbons (Fsp3) is 0.294. The van der Waals surface area contributed by atoms with E-state index >= 15 is 0 Å². The molecule has 0 aliphatic carbocycles. The number of fused-ring (bicyclic) bond motifs is 1. The zero-order valence-corrected chi connectivity index (χ0v) is 14.8. The molecule has 0 aromatic carbocycles. The molecular formula is C17H18N6O2S. The molecule has 1 aliphatic rings. The first-order valence-corrected chi connectivity index (χ1v) is 9.15. The Balaban J connectivity index is 1.50. The van der Waals surface area contributed by atoms with Crippen molar-refractivity contribution in [2.75, 3.05) is 36.8 Å². The van der Waals surface area contributed by atoms with E-state index in [-0.39, 0.29) is 18.5 Å². The normalized spacial score (nSPS) is 14.8. The molecule has 1 aliphatic heterocycles. The number of rotatable bonds is 3. The van der Waals surface area contributed by atoms with Crippen molar-refractivity contribution in [3.05, 3.63) is 41.0 Å². The molecule has 0 atom stereocenters. The predicted molar refractivity (Wildman–Crippen MR) is 100 cm³/mol. The number of hydrogen-bond acceptors (Lipinski definition) is 8. The third-order valence-electron chi connectivity index (χ3n) is 4.38. The van der Waals surface area contributed by atoms with Crippen molar-refractivity contribution in [2.45, 2.75) is 6.61 Å². The largest absolute Gasteiger partial charge is 0.390 e. The first kappa shape index (κ1) is 16.7. The van der Waals surface area contributed by atoms with E-state index in [4.69, 9.17) is 5.73 Å². The number of carbonyl (C=O) groups excluding carboxylic acids is 1. The fourth-order valence-corrected chi connectivity index (χ4v) is 3.83. The summed E-state index contributed by atoms with van der Waals surface area (Å²) in [6, 6.07) is 7.10. The van der Waals surface area contributed by atoms with E-state index in [0.29, 0.717) is 37.6 Å². The molecule has 0 radical (unpaired) electrons. The number of amides is 1. The van der Waals surface area contributed by atoms with E-state index in [1.807, 2.05) is 11.4 Å². The number of nitrogens with zero attached hydrogens (tertiary/aromatic N) is 5. The Hall–Kier alpha value is -2.78. The predicted octanol–water partition coefficient (Wildman–Crippen LogP) is 1.12. The number of aliphatic hydroxyl groups is 1. The van der Waals surface area contributed by atoms with E-state index in [2.05, 4.69) is 19.9 Å². The van der Waals surface area contributed by atoms with Crippen molar-refractivity contribution in [2.24, 2.45) is 0 Å². The monoisotopic (exact) mass is 370 g/mol. The highest BCUT2D eigenvalue weighted by Crippen LogP contribution is 2.29. The number of carbonyl (C=O) groups is 1. The lowest BCUT2D eigenvalue weighted by molar-refractivity contribution is 0.0740. The standard InChI is InChI=1S/C17H18N6O2S/c18-17-20-14(12-4-9-26-15(12)21-17)22-5-7-23(8-6-22)16(25)13-3-1-2-11(10-24)19-13/h1-4,9,24H,5-8,10H2,(H2,18,20,21). The fourth-order valence-electron chi connectivity index (χ4n) is 3.07. The summed E-state index contributed by atoms with van der Waals surface area (Å²) in [5, 5.41) is 12.2. The molecule has 1 amide bonds. The summed E-state index contributed by atoms with van der Waals surface area (Å²) >= 11 is 1.53. The summed E-state index contributed by atoms with van der Waals surface area (Å²) in [6.45, 7) is 2.28. The highest BCUT2D eigenvalue weighted by molar-refractivity contribution is 7.16. The number of nitrogens with two attached hydrogens (primary N) is 1. The zero-order valence-electron chi connectivity index (χ0n) is 14.0. The molecule has 3 N–H and O–H groups in total. The van der Waals surface area contributed by atoms with Crippen LogP contribution in [0.3, 0.4) is 0 Å². The van der Waals surface area contributed by atoms with Crippen molar-refractivity contribution < 1.29 is 9.90 Å². The molecule has 26 heavy (non-hydrogen) atoms. The molecule has 9 heteroatoms. The minimum absolute atomic E-state index is 0.122. The van der Waals surface area contributed by atoms with Crippen molar-refractivity contribution >= 4 is 39.2 Å². The Labute approximate surface area is 153 Å². The van der Waals surface area contributed by atoms with Gasteiger partial charge in [0.2, 0.25) is 5.95 Å². The van der Waals surface area contributed by atoms with Crippen LogP contribution in [0.4, 0.5) is 11.8 Å². The van der Waals surface area contributed by atoms with Gasteiger partial charge >= 0.3 is 0 Å². The van der Waals surface area contributed by atoms with Gasteiger partial charge in [0.25, 0.3) is 5.91 Å². The lowest BCUT2D eigenvalue weighted by Gasteiger charge is -2.35. The SMILES string of the molecule is Nc1nc(N2CCN(C(=O)c3cccc(CO)n3)CC2)c2ccsc2n1. The number of aromatic nitrogens is 3. The van der Waals surface area contributed by atoms with E-state index in [0.717, 1.165) is 16.0 Å². The van der Waals surface area contributed by atoms with Crippen LogP contribution in [0, 0.1) is 0 Å². The molecule has 8 nitrogen and oxygen atoms in total. The summed E-state index contributed by atoms with van der Waals surface area (Å²) in [6.07, 6.45) is 0. The Morgan fingerprint density at radius 2 is 1.96 bits per heavy atom. The lowest BCUT2D eigenvalue weighted by atomic mass is 10.2. The summed E-state index contributed by atoms with van der Waals surface area (Å²) in [5.74, 6) is 0.961. The molecule has 1 saturated heterocycles. The Bertz CT molecular complexity index is 951. The van der Waals surface area contributed by atoms with Crippen LogP contribution < -0.4 is 10.6 Å². The van der Waals surface area contributed by atoms with Crippen LogP contribution in [0.15, 0.2) is 29.6 Å². The second kappa shape index (κ2) is 6.85. The second-order valence-corrected chi connectivity index (χ2v) is 6.89. The zero-order chi connectivity index (χ0) is 18.1. The van der Waals surface area contributed by atoms with Crippen LogP contribution in [-0.2, 0) is 6.61 Å². The summed E-state index contributed by atoms with van der Waals surface area (Å²) in [7, 11) is 0. The number of piperazine rings is 1. The van der Waals surface area contributed by atoms with Crippen LogP contribution in [-0.4, -0.2) is 57.0 Å². The van der Waals surface area contributed by atoms with Crippen molar-refractivity contribution in [1.29, 1.82) is 0 Å². The van der Waals surface area contributed by atoms with Gasteiger partial charge in [-0.25, -0.2) is 9.97 Å². The van der Waals surface area contributed by atoms with Crippen LogP contribution in [0.5, 0.6) is 0 Å². The average Bonchev–Trinajstić information content (AvgIpc) is 3.15. The maximum Gasteiger partial charge on any atom is 0.272 e. The third-order valence-corrected chi connectivity index (χ3v) is 5.18. The number of pyridine rings is 1. The first-order chi connectivity index (χ1) is 12.7. The number of aliphatic hydroxyl groups excluding tert-OH is 1. The Morgan fingerprint density at radius 1 is 1.15 bits per heavy atom. The van der Waals surface area contributed by atoms with E-state index in [1.54, 1.807) is 23.1 Å². The van der Waals surface area contributed by atoms with Gasteiger partial charge in [0, 0.05) is 26.2 Å². The first-order valence-electron chi connectivity index (χ1n) is 8.27. The summed E-state index contributed by atoms with van der Waals surface area (Å²) in [5.41, 5.74) is 6.68. The van der Waals surface area contributed by atoms with Gasteiger partial charge in [-0.3, -0.25) is 4.79 Å². The van der Waals surface area contributed by atoms with Crippen LogP contribution in [0.2, 0.25) is 0 Å². The molecule has 134 valence electrons. The number of thiophene rings is 1. The second-order valence-electron chi connectivity index (χ2n) is 6.00. The van der Waals surface area contributed by atoms with Crippen molar-refractivity contribution in [3.8, 4) is 0 Å². The molecule has 3 aromatic rings. The van der Waals surface area contributed by atoms with Gasteiger partial charge < -0.3 is 20.6 Å². The maximum atomic E-state index is 12.7. The van der Waals surface area contributed by atoms with Gasteiger partial charge in [-0.2, -0.15) is 4.98 Å². The average molecular weight is 370 g/mol.